The first-order valence-electron chi connectivity index (χ1n) is 5.70. The Morgan fingerprint density at radius 1 is 1.39 bits per heavy atom. The zero-order chi connectivity index (χ0) is 12.7. The fourth-order valence-electron chi connectivity index (χ4n) is 2.25. The number of H-pyrrole nitrogens is 1. The number of nitrogens with one attached hydrogen (secondary N) is 1. The van der Waals surface area contributed by atoms with Gasteiger partial charge in [0.15, 0.2) is 0 Å². The van der Waals surface area contributed by atoms with Gasteiger partial charge < -0.3 is 21.2 Å². The van der Waals surface area contributed by atoms with Crippen molar-refractivity contribution in [2.75, 3.05) is 12.3 Å². The molecule has 92 valence electrons. The lowest BCUT2D eigenvalue weighted by molar-refractivity contribution is 0.100. The van der Waals surface area contributed by atoms with Crippen molar-refractivity contribution in [1.82, 2.24) is 4.98 Å². The number of para-hydroxylation sites is 1. The predicted octanol–water partition coefficient (Wildman–Crippen LogP) is 1.30. The number of carbonyl (C=O) groups excluding carboxylic acids is 1. The quantitative estimate of drug-likeness (QED) is 0.742. The Morgan fingerprint density at radius 3 is 2.94 bits per heavy atom. The number of ether oxygens (including phenoxy) is 1. The highest BCUT2D eigenvalue weighted by Crippen LogP contribution is 2.37. The van der Waals surface area contributed by atoms with Crippen molar-refractivity contribution in [1.29, 1.82) is 0 Å². The van der Waals surface area contributed by atoms with E-state index in [0.717, 1.165) is 23.4 Å². The van der Waals surface area contributed by atoms with Gasteiger partial charge in [-0.3, -0.25) is 4.79 Å². The molecule has 2 aromatic rings. The molecule has 1 aliphatic heterocycles. The van der Waals surface area contributed by atoms with Crippen LogP contribution >= 0.6 is 0 Å². The maximum absolute atomic E-state index is 11.2. The van der Waals surface area contributed by atoms with Gasteiger partial charge in [0, 0.05) is 12.0 Å². The van der Waals surface area contributed by atoms with E-state index in [1.165, 1.54) is 5.56 Å². The van der Waals surface area contributed by atoms with Crippen LogP contribution in [0.15, 0.2) is 24.3 Å². The number of hydrogen-bond donors (Lipinski definition) is 3. The second-order valence-electron chi connectivity index (χ2n) is 4.27. The molecule has 0 spiro atoms. The summed E-state index contributed by atoms with van der Waals surface area (Å²) in [6.45, 7) is 0.686. The van der Waals surface area contributed by atoms with E-state index < -0.39 is 5.91 Å². The third kappa shape index (κ3) is 1.52. The molecule has 1 aromatic carbocycles. The second kappa shape index (κ2) is 3.80. The lowest BCUT2D eigenvalue weighted by Crippen LogP contribution is -2.11. The van der Waals surface area contributed by atoms with E-state index >= 15 is 0 Å². The summed E-state index contributed by atoms with van der Waals surface area (Å²) in [6.07, 6.45) is 0.905. The minimum absolute atomic E-state index is 0.285. The zero-order valence-electron chi connectivity index (χ0n) is 9.69. The van der Waals surface area contributed by atoms with Crippen LogP contribution in [-0.2, 0) is 6.42 Å². The van der Waals surface area contributed by atoms with Gasteiger partial charge >= 0.3 is 0 Å². The highest BCUT2D eigenvalue weighted by molar-refractivity contribution is 5.99. The van der Waals surface area contributed by atoms with Gasteiger partial charge in [-0.2, -0.15) is 0 Å². The summed E-state index contributed by atoms with van der Waals surface area (Å²) in [5, 5.41) is 0. The van der Waals surface area contributed by atoms with Crippen molar-refractivity contribution in [3.8, 4) is 17.0 Å². The molecular formula is C13H13N3O2. The number of aromatic amines is 1. The number of fused-ring (bicyclic) bond motifs is 1. The van der Waals surface area contributed by atoms with E-state index in [-0.39, 0.29) is 5.82 Å². The van der Waals surface area contributed by atoms with Crippen LogP contribution in [0.1, 0.15) is 15.9 Å². The van der Waals surface area contributed by atoms with Crippen LogP contribution in [0.25, 0.3) is 11.3 Å². The molecule has 0 aliphatic carbocycles. The van der Waals surface area contributed by atoms with E-state index in [0.29, 0.717) is 12.2 Å². The molecule has 0 atom stereocenters. The second-order valence-corrected chi connectivity index (χ2v) is 4.27. The van der Waals surface area contributed by atoms with Crippen LogP contribution in [0.5, 0.6) is 5.75 Å². The van der Waals surface area contributed by atoms with E-state index in [1.54, 1.807) is 6.07 Å². The molecule has 5 nitrogen and oxygen atoms in total. The molecule has 0 radical (unpaired) electrons. The van der Waals surface area contributed by atoms with Gasteiger partial charge in [0.1, 0.15) is 11.6 Å². The average Bonchev–Trinajstić information content (AvgIpc) is 2.94. The molecule has 1 aromatic heterocycles. The predicted molar refractivity (Wildman–Crippen MR) is 68.4 cm³/mol. The van der Waals surface area contributed by atoms with Crippen LogP contribution in [0, 0.1) is 0 Å². The van der Waals surface area contributed by atoms with E-state index in [2.05, 4.69) is 4.98 Å². The van der Waals surface area contributed by atoms with Crippen LogP contribution in [0.3, 0.4) is 0 Å². The number of nitrogens with two attached hydrogens (primary N) is 2. The summed E-state index contributed by atoms with van der Waals surface area (Å²) in [5.41, 5.74) is 14.1. The lowest BCUT2D eigenvalue weighted by Gasteiger charge is -2.05. The van der Waals surface area contributed by atoms with Gasteiger partial charge in [-0.15, -0.1) is 0 Å². The maximum atomic E-state index is 11.2. The van der Waals surface area contributed by atoms with Crippen LogP contribution in [-0.4, -0.2) is 17.5 Å². The first-order chi connectivity index (χ1) is 8.66. The highest BCUT2D eigenvalue weighted by Gasteiger charge is 2.19. The monoisotopic (exact) mass is 243 g/mol. The summed E-state index contributed by atoms with van der Waals surface area (Å²) in [4.78, 5) is 14.2. The first-order valence-corrected chi connectivity index (χ1v) is 5.70. The molecule has 0 saturated carbocycles. The third-order valence-electron chi connectivity index (χ3n) is 3.12. The van der Waals surface area contributed by atoms with Crippen molar-refractivity contribution in [3.63, 3.8) is 0 Å². The molecule has 3 rings (SSSR count). The van der Waals surface area contributed by atoms with Gasteiger partial charge in [0.25, 0.3) is 5.91 Å². The molecule has 0 bridgehead atoms. The van der Waals surface area contributed by atoms with E-state index in [1.807, 2.05) is 18.2 Å². The summed E-state index contributed by atoms with van der Waals surface area (Å²) in [7, 11) is 0. The number of nitrogen functional groups attached to an aromatic ring is 1. The Labute approximate surface area is 104 Å². The zero-order valence-corrected chi connectivity index (χ0v) is 9.69. The Bertz CT molecular complexity index is 631. The number of carbonyl (C=O) groups is 1. The number of aromatic nitrogens is 1. The van der Waals surface area contributed by atoms with E-state index in [4.69, 9.17) is 16.2 Å². The number of anilines is 1. The Kier molecular flexibility index (Phi) is 2.26. The van der Waals surface area contributed by atoms with Gasteiger partial charge in [-0.25, -0.2) is 0 Å². The molecule has 0 fully saturated rings. The third-order valence-corrected chi connectivity index (χ3v) is 3.12. The van der Waals surface area contributed by atoms with Crippen LogP contribution in [0.4, 0.5) is 5.82 Å². The first kappa shape index (κ1) is 10.7. The van der Waals surface area contributed by atoms with Crippen molar-refractivity contribution in [2.45, 2.75) is 6.42 Å². The van der Waals surface area contributed by atoms with Crippen molar-refractivity contribution >= 4 is 11.7 Å². The average molecular weight is 243 g/mol. The SMILES string of the molecule is NC(=O)c1cc(-c2cccc3c2OCC3)[nH]c1N. The summed E-state index contributed by atoms with van der Waals surface area (Å²) in [6, 6.07) is 7.59. The molecule has 1 aliphatic rings. The Balaban J connectivity index is 2.13. The fraction of sp³-hybridized carbons (Fsp3) is 0.154. The van der Waals surface area contributed by atoms with Crippen molar-refractivity contribution in [3.05, 3.63) is 35.4 Å². The van der Waals surface area contributed by atoms with Gasteiger partial charge in [-0.1, -0.05) is 12.1 Å². The summed E-state index contributed by atoms with van der Waals surface area (Å²) >= 11 is 0. The van der Waals surface area contributed by atoms with Gasteiger partial charge in [0.05, 0.1) is 17.9 Å². The minimum Gasteiger partial charge on any atom is -0.492 e. The van der Waals surface area contributed by atoms with E-state index in [9.17, 15) is 4.79 Å². The Hall–Kier alpha value is -2.43. The molecule has 0 unspecified atom stereocenters. The number of rotatable bonds is 2. The standard InChI is InChI=1S/C13H13N3O2/c14-12-9(13(15)17)6-10(16-12)8-3-1-2-7-4-5-18-11(7)8/h1-3,6,16H,4-5,14H2,(H2,15,17). The van der Waals surface area contributed by atoms with Crippen LogP contribution in [0.2, 0.25) is 0 Å². The summed E-state index contributed by atoms with van der Waals surface area (Å²) in [5.74, 6) is 0.603. The lowest BCUT2D eigenvalue weighted by atomic mass is 10.1. The maximum Gasteiger partial charge on any atom is 0.252 e. The minimum atomic E-state index is -0.538. The number of primary amides is 1. The molecule has 5 heteroatoms. The highest BCUT2D eigenvalue weighted by atomic mass is 16.5. The molecule has 2 heterocycles. The van der Waals surface area contributed by atoms with Gasteiger partial charge in [-0.05, 0) is 17.7 Å². The molecule has 0 saturated heterocycles. The van der Waals surface area contributed by atoms with Crippen molar-refractivity contribution in [2.24, 2.45) is 5.73 Å². The largest absolute Gasteiger partial charge is 0.492 e. The number of amides is 1. The smallest absolute Gasteiger partial charge is 0.252 e. The summed E-state index contributed by atoms with van der Waals surface area (Å²) < 4.78 is 5.62. The van der Waals surface area contributed by atoms with Crippen molar-refractivity contribution < 1.29 is 9.53 Å². The topological polar surface area (TPSA) is 94.1 Å². The molecular weight excluding hydrogens is 230 g/mol. The Morgan fingerprint density at radius 2 is 2.22 bits per heavy atom. The number of benzene rings is 1. The van der Waals surface area contributed by atoms with Crippen LogP contribution < -0.4 is 16.2 Å². The molecule has 5 N–H and O–H groups in total. The molecule has 1 amide bonds. The number of hydrogen-bond acceptors (Lipinski definition) is 3. The fourth-order valence-corrected chi connectivity index (χ4v) is 2.25. The normalized spacial score (nSPS) is 13.1. The molecule has 18 heavy (non-hydrogen) atoms. The van der Waals surface area contributed by atoms with Gasteiger partial charge in [0.2, 0.25) is 0 Å².